The van der Waals surface area contributed by atoms with Gasteiger partial charge in [-0.2, -0.15) is 0 Å². The van der Waals surface area contributed by atoms with E-state index in [-0.39, 0.29) is 23.6 Å². The van der Waals surface area contributed by atoms with Crippen molar-refractivity contribution in [1.29, 1.82) is 0 Å². The number of H-pyrrole nitrogens is 1. The first-order chi connectivity index (χ1) is 16.0. The largest absolute Gasteiger partial charge is 0.455 e. The zero-order chi connectivity index (χ0) is 22.9. The molecule has 7 nitrogen and oxygen atoms in total. The number of ketones is 2. The van der Waals surface area contributed by atoms with E-state index in [1.165, 1.54) is 12.1 Å². The Morgan fingerprint density at radius 1 is 0.818 bits per heavy atom. The van der Waals surface area contributed by atoms with Crippen molar-refractivity contribution in [1.82, 2.24) is 4.98 Å². The van der Waals surface area contributed by atoms with Crippen LogP contribution >= 0.6 is 0 Å². The van der Waals surface area contributed by atoms with Gasteiger partial charge in [0.05, 0.1) is 6.42 Å². The van der Waals surface area contributed by atoms with Crippen molar-refractivity contribution in [2.45, 2.75) is 6.42 Å². The Labute approximate surface area is 188 Å². The fourth-order valence-corrected chi connectivity index (χ4v) is 4.00. The summed E-state index contributed by atoms with van der Waals surface area (Å²) in [6.45, 7) is -0.464. The number of hydrogen-bond acceptors (Lipinski definition) is 5. The van der Waals surface area contributed by atoms with Crippen LogP contribution in [0.1, 0.15) is 37.4 Å². The minimum Gasteiger partial charge on any atom is -0.455 e. The molecule has 1 aromatic heterocycles. The van der Waals surface area contributed by atoms with Gasteiger partial charge in [-0.05, 0) is 29.8 Å². The van der Waals surface area contributed by atoms with E-state index in [1.54, 1.807) is 36.5 Å². The standard InChI is InChI=1S/C26H18N2O5/c29-23(14-33-24(30)11-15-13-27-22-8-4-3-5-17(15)22)28-16-9-10-20-21(12-16)26(32)19-7-2-1-6-18(19)25(20)31/h1-10,12-13,27H,11,14H2,(H,28,29). The van der Waals surface area contributed by atoms with Gasteiger partial charge in [0.15, 0.2) is 18.2 Å². The van der Waals surface area contributed by atoms with Crippen molar-refractivity contribution < 1.29 is 23.9 Å². The highest BCUT2D eigenvalue weighted by atomic mass is 16.5. The molecule has 0 saturated heterocycles. The second kappa shape index (κ2) is 8.20. The first-order valence-electron chi connectivity index (χ1n) is 10.3. The number of ether oxygens (including phenoxy) is 1. The van der Waals surface area contributed by atoms with Crippen LogP contribution in [0.25, 0.3) is 10.9 Å². The summed E-state index contributed by atoms with van der Waals surface area (Å²) >= 11 is 0. The van der Waals surface area contributed by atoms with Gasteiger partial charge < -0.3 is 15.0 Å². The minimum atomic E-state index is -0.544. The van der Waals surface area contributed by atoms with Crippen molar-refractivity contribution in [2.75, 3.05) is 11.9 Å². The number of amides is 1. The van der Waals surface area contributed by atoms with Crippen LogP contribution in [0.15, 0.2) is 72.9 Å². The molecule has 0 radical (unpaired) electrons. The molecule has 0 unspecified atom stereocenters. The Bertz CT molecular complexity index is 1450. The lowest BCUT2D eigenvalue weighted by Crippen LogP contribution is -2.23. The monoisotopic (exact) mass is 438 g/mol. The second-order valence-electron chi connectivity index (χ2n) is 7.71. The van der Waals surface area contributed by atoms with Gasteiger partial charge in [0.2, 0.25) is 0 Å². The number of benzene rings is 3. The van der Waals surface area contributed by atoms with Crippen LogP contribution in [0.3, 0.4) is 0 Å². The van der Waals surface area contributed by atoms with Crippen molar-refractivity contribution in [3.8, 4) is 0 Å². The van der Waals surface area contributed by atoms with Gasteiger partial charge in [-0.3, -0.25) is 19.2 Å². The molecular formula is C26H18N2O5. The Morgan fingerprint density at radius 2 is 1.48 bits per heavy atom. The summed E-state index contributed by atoms with van der Waals surface area (Å²) in [7, 11) is 0. The number of carbonyl (C=O) groups excluding carboxylic acids is 4. The van der Waals surface area contributed by atoms with Crippen LogP contribution in [0.5, 0.6) is 0 Å². The number of aromatic nitrogens is 1. The third kappa shape index (κ3) is 3.80. The number of para-hydroxylation sites is 1. The Balaban J connectivity index is 1.23. The van der Waals surface area contributed by atoms with Crippen molar-refractivity contribution >= 4 is 40.0 Å². The number of hydrogen-bond donors (Lipinski definition) is 2. The Kier molecular flexibility index (Phi) is 5.06. The van der Waals surface area contributed by atoms with Gasteiger partial charge in [0, 0.05) is 45.0 Å². The molecule has 1 aliphatic rings. The SMILES string of the molecule is O=C(COC(=O)Cc1c[nH]c2ccccc12)Nc1ccc2c(c1)C(=O)c1ccccc1C2=O. The predicted molar refractivity (Wildman–Crippen MR) is 121 cm³/mol. The van der Waals surface area contributed by atoms with E-state index in [2.05, 4.69) is 10.3 Å². The number of esters is 1. The fraction of sp³-hybridized carbons (Fsp3) is 0.0769. The maximum Gasteiger partial charge on any atom is 0.310 e. The average molecular weight is 438 g/mol. The molecule has 0 saturated carbocycles. The third-order valence-corrected chi connectivity index (χ3v) is 5.58. The van der Waals surface area contributed by atoms with Crippen molar-refractivity contribution in [3.63, 3.8) is 0 Å². The molecule has 162 valence electrons. The van der Waals surface area contributed by atoms with E-state index in [0.29, 0.717) is 22.4 Å². The van der Waals surface area contributed by atoms with Gasteiger partial charge in [0.25, 0.3) is 5.91 Å². The Morgan fingerprint density at radius 3 is 2.27 bits per heavy atom. The zero-order valence-corrected chi connectivity index (χ0v) is 17.4. The molecule has 2 N–H and O–H groups in total. The summed E-state index contributed by atoms with van der Waals surface area (Å²) < 4.78 is 5.11. The number of fused-ring (bicyclic) bond motifs is 3. The summed E-state index contributed by atoms with van der Waals surface area (Å²) in [4.78, 5) is 53.1. The summed E-state index contributed by atoms with van der Waals surface area (Å²) in [6, 6.07) is 18.8. The third-order valence-electron chi connectivity index (χ3n) is 5.58. The highest BCUT2D eigenvalue weighted by Crippen LogP contribution is 2.29. The molecule has 0 spiro atoms. The van der Waals surface area contributed by atoms with Crippen LogP contribution in [-0.2, 0) is 20.7 Å². The van der Waals surface area contributed by atoms with E-state index in [1.807, 2.05) is 24.3 Å². The van der Waals surface area contributed by atoms with Crippen LogP contribution in [0.4, 0.5) is 5.69 Å². The number of carbonyl (C=O) groups is 4. The zero-order valence-electron chi connectivity index (χ0n) is 17.4. The van der Waals surface area contributed by atoms with E-state index in [9.17, 15) is 19.2 Å². The number of aromatic amines is 1. The van der Waals surface area contributed by atoms with Crippen LogP contribution < -0.4 is 5.32 Å². The van der Waals surface area contributed by atoms with Crippen LogP contribution in [0.2, 0.25) is 0 Å². The maximum atomic E-state index is 12.8. The fourth-order valence-electron chi connectivity index (χ4n) is 4.00. The van der Waals surface area contributed by atoms with E-state index in [4.69, 9.17) is 4.74 Å². The minimum absolute atomic E-state index is 0.0339. The summed E-state index contributed by atoms with van der Waals surface area (Å²) in [5, 5.41) is 3.53. The molecule has 0 atom stereocenters. The topological polar surface area (TPSA) is 105 Å². The van der Waals surface area contributed by atoms with Gasteiger partial charge in [-0.15, -0.1) is 0 Å². The average Bonchev–Trinajstić information content (AvgIpc) is 3.24. The lowest BCUT2D eigenvalue weighted by atomic mass is 9.84. The number of nitrogens with one attached hydrogen (secondary N) is 2. The summed E-state index contributed by atoms with van der Waals surface area (Å²) in [5.74, 6) is -1.58. The number of anilines is 1. The molecule has 0 fully saturated rings. The molecule has 7 heteroatoms. The molecule has 3 aromatic carbocycles. The first kappa shape index (κ1) is 20.4. The Hall–Kier alpha value is -4.52. The highest BCUT2D eigenvalue weighted by molar-refractivity contribution is 6.28. The smallest absolute Gasteiger partial charge is 0.310 e. The lowest BCUT2D eigenvalue weighted by Gasteiger charge is -2.18. The van der Waals surface area contributed by atoms with E-state index in [0.717, 1.165) is 16.5 Å². The van der Waals surface area contributed by atoms with E-state index >= 15 is 0 Å². The van der Waals surface area contributed by atoms with Gasteiger partial charge in [-0.1, -0.05) is 42.5 Å². The molecule has 0 bridgehead atoms. The molecule has 5 rings (SSSR count). The molecule has 0 aliphatic heterocycles. The van der Waals surface area contributed by atoms with Crippen LogP contribution in [0, 0.1) is 0 Å². The summed E-state index contributed by atoms with van der Waals surface area (Å²) in [5.41, 5.74) is 3.27. The molecular weight excluding hydrogens is 420 g/mol. The number of rotatable bonds is 5. The first-order valence-corrected chi connectivity index (χ1v) is 10.3. The van der Waals surface area contributed by atoms with Gasteiger partial charge >= 0.3 is 5.97 Å². The van der Waals surface area contributed by atoms with Crippen molar-refractivity contribution in [2.24, 2.45) is 0 Å². The van der Waals surface area contributed by atoms with Crippen LogP contribution in [-0.4, -0.2) is 35.0 Å². The predicted octanol–water partition coefficient (Wildman–Crippen LogP) is 3.67. The second-order valence-corrected chi connectivity index (χ2v) is 7.71. The molecule has 4 aromatic rings. The normalized spacial score (nSPS) is 12.2. The van der Waals surface area contributed by atoms with Crippen molar-refractivity contribution in [3.05, 3.63) is 101 Å². The quantitative estimate of drug-likeness (QED) is 0.408. The molecule has 1 aliphatic carbocycles. The van der Waals surface area contributed by atoms with Gasteiger partial charge in [-0.25, -0.2) is 0 Å². The highest BCUT2D eigenvalue weighted by Gasteiger charge is 2.29. The molecule has 33 heavy (non-hydrogen) atoms. The lowest BCUT2D eigenvalue weighted by molar-refractivity contribution is -0.146. The van der Waals surface area contributed by atoms with Gasteiger partial charge in [0.1, 0.15) is 0 Å². The molecule has 1 heterocycles. The molecule has 1 amide bonds. The summed E-state index contributed by atoms with van der Waals surface area (Å²) in [6.07, 6.45) is 1.78. The van der Waals surface area contributed by atoms with E-state index < -0.39 is 18.5 Å². The maximum absolute atomic E-state index is 12.8.